The SMILES string of the molecule is CCOC(=O)CNC(=O)NCCCCCCCCCCCCNC(=O)NCC(=O)OCC. The summed E-state index contributed by atoms with van der Waals surface area (Å²) >= 11 is 0. The highest BCUT2D eigenvalue weighted by Gasteiger charge is 2.05. The second-order valence-corrected chi connectivity index (χ2v) is 7.36. The topological polar surface area (TPSA) is 135 Å². The van der Waals surface area contributed by atoms with Gasteiger partial charge in [-0.3, -0.25) is 9.59 Å². The van der Waals surface area contributed by atoms with E-state index < -0.39 is 11.9 Å². The number of hydrogen-bond donors (Lipinski definition) is 4. The van der Waals surface area contributed by atoms with Gasteiger partial charge >= 0.3 is 24.0 Å². The Balaban J connectivity index is 3.29. The molecule has 0 aromatic heterocycles. The summed E-state index contributed by atoms with van der Waals surface area (Å²) in [5, 5.41) is 10.4. The molecule has 0 aromatic rings. The van der Waals surface area contributed by atoms with E-state index in [1.807, 2.05) is 0 Å². The van der Waals surface area contributed by atoms with Crippen LogP contribution in [0, 0.1) is 0 Å². The molecule has 0 aliphatic rings. The molecule has 0 aliphatic heterocycles. The number of nitrogens with one attached hydrogen (secondary N) is 4. The minimum atomic E-state index is -0.436. The summed E-state index contributed by atoms with van der Waals surface area (Å²) in [7, 11) is 0. The van der Waals surface area contributed by atoms with Gasteiger partial charge in [-0.05, 0) is 26.7 Å². The number of hydrogen-bond acceptors (Lipinski definition) is 6. The van der Waals surface area contributed by atoms with Crippen LogP contribution in [0.15, 0.2) is 0 Å². The molecule has 4 N–H and O–H groups in total. The molecule has 4 amide bonds. The quantitative estimate of drug-likeness (QED) is 0.174. The fourth-order valence-corrected chi connectivity index (χ4v) is 2.92. The van der Waals surface area contributed by atoms with Crippen molar-refractivity contribution in [2.45, 2.75) is 78.1 Å². The van der Waals surface area contributed by atoms with Gasteiger partial charge in [-0.1, -0.05) is 51.4 Å². The Kier molecular flexibility index (Phi) is 20.0. The zero-order valence-corrected chi connectivity index (χ0v) is 19.8. The van der Waals surface area contributed by atoms with Crippen LogP contribution >= 0.6 is 0 Å². The summed E-state index contributed by atoms with van der Waals surface area (Å²) in [6.45, 7) is 5.04. The fourth-order valence-electron chi connectivity index (χ4n) is 2.92. The van der Waals surface area contributed by atoms with E-state index in [0.29, 0.717) is 26.3 Å². The zero-order valence-electron chi connectivity index (χ0n) is 19.8. The van der Waals surface area contributed by atoms with Gasteiger partial charge in [-0.25, -0.2) is 9.59 Å². The summed E-state index contributed by atoms with van der Waals surface area (Å²) in [6.07, 6.45) is 11.1. The van der Waals surface area contributed by atoms with Crippen LogP contribution in [0.25, 0.3) is 0 Å². The maximum atomic E-state index is 11.5. The van der Waals surface area contributed by atoms with Crippen LogP contribution < -0.4 is 21.3 Å². The Labute approximate surface area is 191 Å². The van der Waals surface area contributed by atoms with Gasteiger partial charge in [0, 0.05) is 13.1 Å². The molecule has 0 fully saturated rings. The molecule has 0 heterocycles. The van der Waals surface area contributed by atoms with Gasteiger partial charge < -0.3 is 30.7 Å². The van der Waals surface area contributed by atoms with Crippen molar-refractivity contribution >= 4 is 24.0 Å². The first-order chi connectivity index (χ1) is 15.5. The van der Waals surface area contributed by atoms with Crippen molar-refractivity contribution in [1.82, 2.24) is 21.3 Å². The highest BCUT2D eigenvalue weighted by molar-refractivity contribution is 5.81. The van der Waals surface area contributed by atoms with Gasteiger partial charge in [0.05, 0.1) is 13.2 Å². The van der Waals surface area contributed by atoms with Gasteiger partial charge in [0.25, 0.3) is 0 Å². The van der Waals surface area contributed by atoms with E-state index in [9.17, 15) is 19.2 Å². The van der Waals surface area contributed by atoms with E-state index in [1.165, 1.54) is 25.7 Å². The molecule has 10 nitrogen and oxygen atoms in total. The van der Waals surface area contributed by atoms with Gasteiger partial charge in [0.1, 0.15) is 13.1 Å². The molecule has 186 valence electrons. The number of ether oxygens (including phenoxy) is 2. The number of carbonyl (C=O) groups is 4. The first kappa shape index (κ1) is 29.5. The van der Waals surface area contributed by atoms with E-state index in [2.05, 4.69) is 21.3 Å². The lowest BCUT2D eigenvalue weighted by Crippen LogP contribution is -2.39. The van der Waals surface area contributed by atoms with Crippen LogP contribution in [0.3, 0.4) is 0 Å². The number of esters is 2. The van der Waals surface area contributed by atoms with Crippen LogP contribution in [0.2, 0.25) is 0 Å². The number of carbonyl (C=O) groups excluding carboxylic acids is 4. The number of urea groups is 2. The van der Waals surface area contributed by atoms with Crippen molar-refractivity contribution in [1.29, 1.82) is 0 Å². The Morgan fingerprint density at radius 1 is 0.500 bits per heavy atom. The number of unbranched alkanes of at least 4 members (excludes halogenated alkanes) is 9. The molecular formula is C22H42N4O6. The summed E-state index contributed by atoms with van der Waals surface area (Å²) in [5.41, 5.74) is 0. The maximum absolute atomic E-state index is 11.5. The Morgan fingerprint density at radius 3 is 1.12 bits per heavy atom. The molecule has 0 saturated heterocycles. The third kappa shape index (κ3) is 20.7. The molecule has 0 radical (unpaired) electrons. The predicted molar refractivity (Wildman–Crippen MR) is 122 cm³/mol. The van der Waals surface area contributed by atoms with Gasteiger partial charge in [-0.2, -0.15) is 0 Å². The predicted octanol–water partition coefficient (Wildman–Crippen LogP) is 2.61. The first-order valence-electron chi connectivity index (χ1n) is 11.8. The lowest BCUT2D eigenvalue weighted by atomic mass is 10.1. The summed E-state index contributed by atoms with van der Waals surface area (Å²) in [6, 6.07) is -0.684. The van der Waals surface area contributed by atoms with E-state index in [-0.39, 0.29) is 25.2 Å². The molecule has 0 aromatic carbocycles. The van der Waals surface area contributed by atoms with Crippen LogP contribution in [0.1, 0.15) is 78.1 Å². The molecular weight excluding hydrogens is 416 g/mol. The minimum absolute atomic E-state index is 0.108. The maximum Gasteiger partial charge on any atom is 0.325 e. The van der Waals surface area contributed by atoms with E-state index >= 15 is 0 Å². The zero-order chi connectivity index (χ0) is 23.9. The number of amides is 4. The van der Waals surface area contributed by atoms with Crippen LogP contribution in [0.5, 0.6) is 0 Å². The third-order valence-corrected chi connectivity index (χ3v) is 4.57. The van der Waals surface area contributed by atoms with E-state index in [0.717, 1.165) is 38.5 Å². The minimum Gasteiger partial charge on any atom is -0.465 e. The molecule has 0 spiro atoms. The van der Waals surface area contributed by atoms with Crippen LogP contribution in [0.4, 0.5) is 9.59 Å². The highest BCUT2D eigenvalue weighted by atomic mass is 16.5. The van der Waals surface area contributed by atoms with Crippen molar-refractivity contribution in [3.63, 3.8) is 0 Å². The van der Waals surface area contributed by atoms with Crippen LogP contribution in [-0.4, -0.2) is 63.4 Å². The standard InChI is InChI=1S/C22H42N4O6/c1-3-31-19(27)17-25-21(29)23-15-13-11-9-7-5-6-8-10-12-14-16-24-22(30)26-18-20(28)32-4-2/h3-18H2,1-2H3,(H2,23,25,29)(H2,24,26,30). The monoisotopic (exact) mass is 458 g/mol. The van der Waals surface area contributed by atoms with Crippen LogP contribution in [-0.2, 0) is 19.1 Å². The molecule has 10 heteroatoms. The third-order valence-electron chi connectivity index (χ3n) is 4.57. The van der Waals surface area contributed by atoms with Crippen molar-refractivity contribution in [2.75, 3.05) is 39.4 Å². The lowest BCUT2D eigenvalue weighted by molar-refractivity contribution is -0.142. The Hall–Kier alpha value is -2.52. The molecule has 0 saturated carbocycles. The van der Waals surface area contributed by atoms with Crippen molar-refractivity contribution < 1.29 is 28.7 Å². The molecule has 0 aliphatic carbocycles. The summed E-state index contributed by atoms with van der Waals surface area (Å²) in [4.78, 5) is 45.2. The summed E-state index contributed by atoms with van der Waals surface area (Å²) < 4.78 is 9.46. The van der Waals surface area contributed by atoms with Gasteiger partial charge in [0.2, 0.25) is 0 Å². The normalized spacial score (nSPS) is 10.2. The Morgan fingerprint density at radius 2 is 0.812 bits per heavy atom. The molecule has 0 atom stereocenters. The van der Waals surface area contributed by atoms with Gasteiger partial charge in [-0.15, -0.1) is 0 Å². The average Bonchev–Trinajstić information content (AvgIpc) is 2.77. The summed E-state index contributed by atoms with van der Waals surface area (Å²) in [5.74, 6) is -0.871. The Bertz CT molecular complexity index is 485. The molecule has 32 heavy (non-hydrogen) atoms. The fraction of sp³-hybridized carbons (Fsp3) is 0.818. The molecule has 0 bridgehead atoms. The second kappa shape index (κ2) is 21.7. The van der Waals surface area contributed by atoms with E-state index in [1.54, 1.807) is 13.8 Å². The molecule has 0 unspecified atom stereocenters. The van der Waals surface area contributed by atoms with Gasteiger partial charge in [0.15, 0.2) is 0 Å². The number of rotatable bonds is 19. The molecule has 0 rings (SSSR count). The lowest BCUT2D eigenvalue weighted by Gasteiger charge is -2.07. The second-order valence-electron chi connectivity index (χ2n) is 7.36. The smallest absolute Gasteiger partial charge is 0.325 e. The van der Waals surface area contributed by atoms with E-state index in [4.69, 9.17) is 9.47 Å². The first-order valence-corrected chi connectivity index (χ1v) is 11.8. The van der Waals surface area contributed by atoms with Crippen molar-refractivity contribution in [2.24, 2.45) is 0 Å². The van der Waals surface area contributed by atoms with Crippen molar-refractivity contribution in [3.8, 4) is 0 Å². The average molecular weight is 459 g/mol. The highest BCUT2D eigenvalue weighted by Crippen LogP contribution is 2.10. The van der Waals surface area contributed by atoms with Crippen molar-refractivity contribution in [3.05, 3.63) is 0 Å². The largest absolute Gasteiger partial charge is 0.465 e.